The average molecular weight is 367 g/mol. The highest BCUT2D eigenvalue weighted by Gasteiger charge is 2.09. The van der Waals surface area contributed by atoms with E-state index in [4.69, 9.17) is 0 Å². The van der Waals surface area contributed by atoms with E-state index >= 15 is 0 Å². The van der Waals surface area contributed by atoms with E-state index in [2.05, 4.69) is 37.6 Å². The molecular weight excluding hydrogens is 342 g/mol. The van der Waals surface area contributed by atoms with Crippen LogP contribution in [0.25, 0.3) is 11.0 Å². The summed E-state index contributed by atoms with van der Waals surface area (Å²) in [5, 5.41) is 10.3. The Bertz CT molecular complexity index is 935. The third-order valence-electron chi connectivity index (χ3n) is 4.23. The van der Waals surface area contributed by atoms with Crippen molar-refractivity contribution in [3.63, 3.8) is 0 Å². The molecule has 3 rings (SSSR count). The lowest BCUT2D eigenvalue weighted by Gasteiger charge is -2.09. The predicted octanol–water partition coefficient (Wildman–Crippen LogP) is 2.25. The molecule has 0 saturated heterocycles. The van der Waals surface area contributed by atoms with Crippen molar-refractivity contribution in [2.24, 2.45) is 7.05 Å². The maximum Gasteiger partial charge on any atom is 0.252 e. The first-order chi connectivity index (χ1) is 13.1. The molecule has 0 aromatic carbocycles. The molecule has 1 amide bonds. The molecule has 2 N–H and O–H groups in total. The molecule has 0 spiro atoms. The van der Waals surface area contributed by atoms with Crippen LogP contribution >= 0.6 is 0 Å². The number of nitrogens with zero attached hydrogens (tertiary/aromatic N) is 5. The van der Waals surface area contributed by atoms with Gasteiger partial charge in [-0.05, 0) is 19.4 Å². The van der Waals surface area contributed by atoms with Crippen LogP contribution < -0.4 is 10.6 Å². The minimum Gasteiger partial charge on any atom is -0.368 e. The van der Waals surface area contributed by atoms with E-state index in [1.165, 1.54) is 0 Å². The van der Waals surface area contributed by atoms with Crippen molar-refractivity contribution in [1.82, 2.24) is 30.0 Å². The first kappa shape index (κ1) is 18.8. The molecular formula is C19H25N7O. The number of pyridine rings is 1. The molecule has 0 atom stereocenters. The highest BCUT2D eigenvalue weighted by Crippen LogP contribution is 2.12. The van der Waals surface area contributed by atoms with Gasteiger partial charge in [-0.15, -0.1) is 0 Å². The molecule has 142 valence electrons. The van der Waals surface area contributed by atoms with Crippen LogP contribution in [-0.4, -0.2) is 43.7 Å². The van der Waals surface area contributed by atoms with Gasteiger partial charge >= 0.3 is 0 Å². The minimum atomic E-state index is -0.157. The zero-order valence-corrected chi connectivity index (χ0v) is 16.0. The first-order valence-electron chi connectivity index (χ1n) is 9.21. The fraction of sp³-hybridized carbons (Fsp3) is 0.421. The van der Waals surface area contributed by atoms with Crippen molar-refractivity contribution in [2.45, 2.75) is 33.1 Å². The maximum absolute atomic E-state index is 12.3. The van der Waals surface area contributed by atoms with Crippen molar-refractivity contribution >= 4 is 22.8 Å². The van der Waals surface area contributed by atoms with Gasteiger partial charge in [-0.2, -0.15) is 5.10 Å². The summed E-state index contributed by atoms with van der Waals surface area (Å²) in [6.45, 7) is 5.18. The molecule has 3 aromatic heterocycles. The van der Waals surface area contributed by atoms with E-state index in [1.54, 1.807) is 23.1 Å². The zero-order valence-electron chi connectivity index (χ0n) is 16.0. The lowest BCUT2D eigenvalue weighted by Crippen LogP contribution is -2.29. The summed E-state index contributed by atoms with van der Waals surface area (Å²) in [5.41, 5.74) is 3.06. The van der Waals surface area contributed by atoms with Crippen LogP contribution in [0.1, 0.15) is 41.6 Å². The molecule has 0 unspecified atom stereocenters. The third-order valence-corrected chi connectivity index (χ3v) is 4.23. The molecule has 0 aliphatic heterocycles. The SMILES string of the molecule is CCCCc1nc(C)cc(NCCNC(=O)c2cnc3cnn(C)c3c2)n1. The van der Waals surface area contributed by atoms with Gasteiger partial charge in [0.2, 0.25) is 0 Å². The molecule has 3 aromatic rings. The number of carbonyl (C=O) groups is 1. The molecule has 0 bridgehead atoms. The second-order valence-corrected chi connectivity index (χ2v) is 6.49. The van der Waals surface area contributed by atoms with E-state index in [9.17, 15) is 4.79 Å². The van der Waals surface area contributed by atoms with Gasteiger partial charge < -0.3 is 10.6 Å². The Balaban J connectivity index is 1.52. The molecule has 27 heavy (non-hydrogen) atoms. The Morgan fingerprint density at radius 2 is 2.04 bits per heavy atom. The maximum atomic E-state index is 12.3. The molecule has 0 radical (unpaired) electrons. The van der Waals surface area contributed by atoms with Crippen LogP contribution in [0.15, 0.2) is 24.5 Å². The molecule has 8 heteroatoms. The van der Waals surface area contributed by atoms with Gasteiger partial charge in [-0.1, -0.05) is 13.3 Å². The number of carbonyl (C=O) groups excluding carboxylic acids is 1. The van der Waals surface area contributed by atoms with Gasteiger partial charge in [0.25, 0.3) is 5.91 Å². The Labute approximate surface area is 158 Å². The van der Waals surface area contributed by atoms with Crippen molar-refractivity contribution in [2.75, 3.05) is 18.4 Å². The monoisotopic (exact) mass is 367 g/mol. The number of hydrogen-bond donors (Lipinski definition) is 2. The number of aromatic nitrogens is 5. The van der Waals surface area contributed by atoms with Gasteiger partial charge in [-0.25, -0.2) is 9.97 Å². The van der Waals surface area contributed by atoms with Gasteiger partial charge in [0.05, 0.1) is 17.3 Å². The van der Waals surface area contributed by atoms with Crippen LogP contribution in [0.5, 0.6) is 0 Å². The minimum absolute atomic E-state index is 0.157. The normalized spacial score (nSPS) is 10.9. The summed E-state index contributed by atoms with van der Waals surface area (Å²) in [7, 11) is 1.83. The topological polar surface area (TPSA) is 97.6 Å². The summed E-state index contributed by atoms with van der Waals surface area (Å²) in [5.74, 6) is 1.50. The molecule has 0 aliphatic rings. The van der Waals surface area contributed by atoms with Crippen molar-refractivity contribution < 1.29 is 4.79 Å². The zero-order chi connectivity index (χ0) is 19.2. The summed E-state index contributed by atoms with van der Waals surface area (Å²) < 4.78 is 1.70. The largest absolute Gasteiger partial charge is 0.368 e. The molecule has 0 aliphatic carbocycles. The fourth-order valence-corrected chi connectivity index (χ4v) is 2.79. The standard InChI is InChI=1S/C19H25N7O/c1-4-5-6-17-24-13(2)9-18(25-17)20-7-8-21-19(27)14-10-16-15(22-11-14)12-23-26(16)3/h9-12H,4-8H2,1-3H3,(H,21,27)(H,20,24,25). The summed E-state index contributed by atoms with van der Waals surface area (Å²) in [4.78, 5) is 25.6. The summed E-state index contributed by atoms with van der Waals surface area (Å²) in [6, 6.07) is 3.71. The van der Waals surface area contributed by atoms with Crippen molar-refractivity contribution in [3.8, 4) is 0 Å². The van der Waals surface area contributed by atoms with E-state index in [-0.39, 0.29) is 5.91 Å². The summed E-state index contributed by atoms with van der Waals surface area (Å²) >= 11 is 0. The quantitative estimate of drug-likeness (QED) is 0.593. The number of unbranched alkanes of at least 4 members (excludes halogenated alkanes) is 1. The van der Waals surface area contributed by atoms with Gasteiger partial charge in [0.15, 0.2) is 0 Å². The Hall–Kier alpha value is -3.03. The van der Waals surface area contributed by atoms with Gasteiger partial charge in [0.1, 0.15) is 17.2 Å². The number of fused-ring (bicyclic) bond motifs is 1. The first-order valence-corrected chi connectivity index (χ1v) is 9.21. The van der Waals surface area contributed by atoms with Crippen LogP contribution in [0.2, 0.25) is 0 Å². The number of anilines is 1. The van der Waals surface area contributed by atoms with Crippen LogP contribution in [0.4, 0.5) is 5.82 Å². The van der Waals surface area contributed by atoms with Crippen LogP contribution in [0, 0.1) is 6.92 Å². The Morgan fingerprint density at radius 3 is 2.85 bits per heavy atom. The van der Waals surface area contributed by atoms with E-state index < -0.39 is 0 Å². The van der Waals surface area contributed by atoms with Crippen LogP contribution in [0.3, 0.4) is 0 Å². The molecule has 0 saturated carbocycles. The number of aryl methyl sites for hydroxylation is 3. The lowest BCUT2D eigenvalue weighted by atomic mass is 10.2. The van der Waals surface area contributed by atoms with Crippen molar-refractivity contribution in [1.29, 1.82) is 0 Å². The van der Waals surface area contributed by atoms with E-state index in [1.807, 2.05) is 20.0 Å². The number of amides is 1. The summed E-state index contributed by atoms with van der Waals surface area (Å²) in [6.07, 6.45) is 6.33. The van der Waals surface area contributed by atoms with Gasteiger partial charge in [-0.3, -0.25) is 14.5 Å². The molecule has 0 fully saturated rings. The molecule has 3 heterocycles. The van der Waals surface area contributed by atoms with E-state index in [0.29, 0.717) is 18.7 Å². The average Bonchev–Trinajstić information content (AvgIpc) is 3.03. The Morgan fingerprint density at radius 1 is 1.19 bits per heavy atom. The van der Waals surface area contributed by atoms with Crippen LogP contribution in [-0.2, 0) is 13.5 Å². The lowest BCUT2D eigenvalue weighted by molar-refractivity contribution is 0.0955. The second-order valence-electron chi connectivity index (χ2n) is 6.49. The molecule has 8 nitrogen and oxygen atoms in total. The third kappa shape index (κ3) is 4.78. The van der Waals surface area contributed by atoms with Crippen molar-refractivity contribution in [3.05, 3.63) is 41.6 Å². The number of hydrogen-bond acceptors (Lipinski definition) is 6. The highest BCUT2D eigenvalue weighted by molar-refractivity contribution is 5.96. The highest BCUT2D eigenvalue weighted by atomic mass is 16.1. The second kappa shape index (κ2) is 8.57. The van der Waals surface area contributed by atoms with E-state index in [0.717, 1.165) is 47.6 Å². The predicted molar refractivity (Wildman–Crippen MR) is 105 cm³/mol. The smallest absolute Gasteiger partial charge is 0.252 e. The number of nitrogens with one attached hydrogen (secondary N) is 2. The number of rotatable bonds is 8. The fourth-order valence-electron chi connectivity index (χ4n) is 2.79. The van der Waals surface area contributed by atoms with Gasteiger partial charge in [0, 0.05) is 44.5 Å². The Kier molecular flexibility index (Phi) is 5.95.